The highest BCUT2D eigenvalue weighted by atomic mass is 16.6. The molecule has 6 heteroatoms. The number of amides is 2. The highest BCUT2D eigenvalue weighted by Crippen LogP contribution is 2.36. The van der Waals surface area contributed by atoms with Crippen molar-refractivity contribution in [1.29, 1.82) is 0 Å². The van der Waals surface area contributed by atoms with E-state index in [1.165, 1.54) is 6.42 Å². The van der Waals surface area contributed by atoms with Crippen LogP contribution in [0.1, 0.15) is 57.6 Å². The van der Waals surface area contributed by atoms with Crippen LogP contribution in [0.15, 0.2) is 12.1 Å². The first-order valence-electron chi connectivity index (χ1n) is 10.4. The van der Waals surface area contributed by atoms with E-state index in [4.69, 9.17) is 4.74 Å². The summed E-state index contributed by atoms with van der Waals surface area (Å²) in [5.74, 6) is 0.206. The minimum absolute atomic E-state index is 0.206. The van der Waals surface area contributed by atoms with Gasteiger partial charge in [0.2, 0.25) is 5.91 Å². The first-order chi connectivity index (χ1) is 13.2. The first kappa shape index (κ1) is 20.5. The van der Waals surface area contributed by atoms with Crippen LogP contribution in [0.3, 0.4) is 0 Å². The molecule has 0 bridgehead atoms. The summed E-state index contributed by atoms with van der Waals surface area (Å²) < 4.78 is 5.41. The Morgan fingerprint density at radius 2 is 1.79 bits per heavy atom. The summed E-state index contributed by atoms with van der Waals surface area (Å²) in [4.78, 5) is 29.2. The maximum atomic E-state index is 12.8. The van der Waals surface area contributed by atoms with Crippen molar-refractivity contribution in [3.8, 4) is 0 Å². The van der Waals surface area contributed by atoms with Crippen molar-refractivity contribution in [3.63, 3.8) is 0 Å². The number of rotatable bonds is 3. The van der Waals surface area contributed by atoms with Crippen LogP contribution in [0.4, 0.5) is 16.2 Å². The Kier molecular flexibility index (Phi) is 6.16. The predicted octanol–water partition coefficient (Wildman–Crippen LogP) is 4.11. The van der Waals surface area contributed by atoms with Crippen molar-refractivity contribution in [1.82, 2.24) is 4.90 Å². The largest absolute Gasteiger partial charge is 0.444 e. The third-order valence-electron chi connectivity index (χ3n) is 5.33. The van der Waals surface area contributed by atoms with Crippen molar-refractivity contribution in [2.24, 2.45) is 0 Å². The van der Waals surface area contributed by atoms with Crippen molar-refractivity contribution in [2.45, 2.75) is 65.4 Å². The maximum Gasteiger partial charge on any atom is 0.412 e. The highest BCUT2D eigenvalue weighted by Gasteiger charge is 2.27. The van der Waals surface area contributed by atoms with E-state index < -0.39 is 11.7 Å². The van der Waals surface area contributed by atoms with E-state index in [0.717, 1.165) is 67.8 Å². The number of likely N-dealkylation sites (tertiary alicyclic amines) is 1. The number of ether oxygens (including phenoxy) is 1. The van der Waals surface area contributed by atoms with Gasteiger partial charge in [-0.05, 0) is 77.0 Å². The Morgan fingerprint density at radius 3 is 2.46 bits per heavy atom. The average Bonchev–Trinajstić information content (AvgIpc) is 2.63. The molecular weight excluding hydrogens is 354 g/mol. The third-order valence-corrected chi connectivity index (χ3v) is 5.33. The lowest BCUT2D eigenvalue weighted by Gasteiger charge is -2.36. The molecule has 1 aromatic carbocycles. The molecule has 2 aliphatic rings. The quantitative estimate of drug-likeness (QED) is 0.848. The number of carbonyl (C=O) groups excluding carboxylic acids is 2. The van der Waals surface area contributed by atoms with Gasteiger partial charge in [-0.2, -0.15) is 0 Å². The van der Waals surface area contributed by atoms with Crippen LogP contribution in [-0.4, -0.2) is 48.7 Å². The molecule has 1 fully saturated rings. The van der Waals surface area contributed by atoms with E-state index in [0.29, 0.717) is 6.54 Å². The fraction of sp³-hybridized carbons (Fsp3) is 0.636. The van der Waals surface area contributed by atoms with Gasteiger partial charge >= 0.3 is 6.09 Å². The van der Waals surface area contributed by atoms with Gasteiger partial charge in [0.05, 0.1) is 6.54 Å². The lowest BCUT2D eigenvalue weighted by molar-refractivity contribution is -0.130. The predicted molar refractivity (Wildman–Crippen MR) is 112 cm³/mol. The third kappa shape index (κ3) is 4.97. The van der Waals surface area contributed by atoms with Crippen molar-refractivity contribution in [2.75, 3.05) is 36.4 Å². The fourth-order valence-electron chi connectivity index (χ4n) is 4.10. The molecule has 0 atom stereocenters. The highest BCUT2D eigenvalue weighted by molar-refractivity contribution is 5.89. The number of aryl methyl sites for hydroxylation is 1. The van der Waals surface area contributed by atoms with Gasteiger partial charge in [-0.3, -0.25) is 10.1 Å². The topological polar surface area (TPSA) is 61.9 Å². The number of anilines is 2. The molecule has 1 saturated heterocycles. The molecule has 0 radical (unpaired) electrons. The van der Waals surface area contributed by atoms with Gasteiger partial charge < -0.3 is 14.5 Å². The molecule has 6 nitrogen and oxygen atoms in total. The van der Waals surface area contributed by atoms with E-state index in [9.17, 15) is 9.59 Å². The molecule has 3 rings (SSSR count). The average molecular weight is 388 g/mol. The number of nitrogens with zero attached hydrogens (tertiary/aromatic N) is 2. The van der Waals surface area contributed by atoms with Crippen LogP contribution >= 0.6 is 0 Å². The number of hydrogen-bond donors (Lipinski definition) is 1. The number of fused-ring (bicyclic) bond motifs is 1. The van der Waals surface area contributed by atoms with Crippen LogP contribution in [0, 0.1) is 6.92 Å². The molecule has 0 spiro atoms. The van der Waals surface area contributed by atoms with Crippen LogP contribution in [0.5, 0.6) is 0 Å². The number of benzene rings is 1. The standard InChI is InChI=1S/C22H33N3O3/c1-16-10-11-18(23-21(27)28-22(2,3)4)17-9-8-14-25(20(16)17)15-19(26)24-12-6-5-7-13-24/h10-11H,5-9,12-15H2,1-4H3,(H,23,27). The summed E-state index contributed by atoms with van der Waals surface area (Å²) in [6, 6.07) is 3.95. The molecule has 1 N–H and O–H groups in total. The molecule has 0 aliphatic carbocycles. The van der Waals surface area contributed by atoms with Gasteiger partial charge in [0.25, 0.3) is 0 Å². The Hall–Kier alpha value is -2.24. The van der Waals surface area contributed by atoms with Gasteiger partial charge in [-0.1, -0.05) is 6.07 Å². The van der Waals surface area contributed by atoms with Gasteiger partial charge in [0.1, 0.15) is 5.60 Å². The molecule has 2 aliphatic heterocycles. The molecule has 0 unspecified atom stereocenters. The summed E-state index contributed by atoms with van der Waals surface area (Å²) in [6.07, 6.45) is 4.83. The van der Waals surface area contributed by atoms with Gasteiger partial charge in [-0.15, -0.1) is 0 Å². The summed E-state index contributed by atoms with van der Waals surface area (Å²) in [7, 11) is 0. The minimum Gasteiger partial charge on any atom is -0.444 e. The molecule has 154 valence electrons. The lowest BCUT2D eigenvalue weighted by atomic mass is 9.96. The normalized spacial score (nSPS) is 17.1. The second-order valence-corrected chi connectivity index (χ2v) is 8.85. The Balaban J connectivity index is 1.78. The maximum absolute atomic E-state index is 12.8. The molecular formula is C22H33N3O3. The smallest absolute Gasteiger partial charge is 0.412 e. The van der Waals surface area contributed by atoms with Crippen LogP contribution < -0.4 is 10.2 Å². The first-order valence-corrected chi connectivity index (χ1v) is 10.4. The van der Waals surface area contributed by atoms with Gasteiger partial charge in [0.15, 0.2) is 0 Å². The Morgan fingerprint density at radius 1 is 1.07 bits per heavy atom. The molecule has 1 aromatic rings. The van der Waals surface area contributed by atoms with Crippen LogP contribution in [-0.2, 0) is 16.0 Å². The summed E-state index contributed by atoms with van der Waals surface area (Å²) in [5, 5.41) is 2.91. The number of piperidine rings is 1. The zero-order valence-corrected chi connectivity index (χ0v) is 17.6. The fourth-order valence-corrected chi connectivity index (χ4v) is 4.10. The van der Waals surface area contributed by atoms with Crippen LogP contribution in [0.25, 0.3) is 0 Å². The van der Waals surface area contributed by atoms with Gasteiger partial charge in [-0.25, -0.2) is 4.79 Å². The number of hydrogen-bond acceptors (Lipinski definition) is 4. The molecule has 0 saturated carbocycles. The second kappa shape index (κ2) is 8.41. The number of carbonyl (C=O) groups is 2. The zero-order chi connectivity index (χ0) is 20.3. The molecule has 28 heavy (non-hydrogen) atoms. The summed E-state index contributed by atoms with van der Waals surface area (Å²) in [6.45, 7) is 10.6. The molecule has 0 aromatic heterocycles. The van der Waals surface area contributed by atoms with E-state index in [-0.39, 0.29) is 5.91 Å². The monoisotopic (exact) mass is 387 g/mol. The molecule has 2 heterocycles. The van der Waals surface area contributed by atoms with Crippen molar-refractivity contribution in [3.05, 3.63) is 23.3 Å². The summed E-state index contributed by atoms with van der Waals surface area (Å²) >= 11 is 0. The van der Waals surface area contributed by atoms with E-state index in [2.05, 4.69) is 17.1 Å². The summed E-state index contributed by atoms with van der Waals surface area (Å²) in [5.41, 5.74) is 3.57. The Bertz CT molecular complexity index is 733. The van der Waals surface area contributed by atoms with Crippen molar-refractivity contribution >= 4 is 23.4 Å². The SMILES string of the molecule is Cc1ccc(NC(=O)OC(C)(C)C)c2c1N(CC(=O)N1CCCCC1)CCC2. The van der Waals surface area contributed by atoms with E-state index in [1.54, 1.807) is 0 Å². The zero-order valence-electron chi connectivity index (χ0n) is 17.6. The minimum atomic E-state index is -0.540. The van der Waals surface area contributed by atoms with E-state index >= 15 is 0 Å². The van der Waals surface area contributed by atoms with E-state index in [1.807, 2.05) is 37.8 Å². The molecule has 2 amide bonds. The number of nitrogens with one attached hydrogen (secondary N) is 1. The Labute approximate surface area is 168 Å². The van der Waals surface area contributed by atoms with Crippen molar-refractivity contribution < 1.29 is 14.3 Å². The van der Waals surface area contributed by atoms with Gasteiger partial charge in [0, 0.05) is 31.0 Å². The van der Waals surface area contributed by atoms with Crippen LogP contribution in [0.2, 0.25) is 0 Å². The second-order valence-electron chi connectivity index (χ2n) is 8.85. The lowest BCUT2D eigenvalue weighted by Crippen LogP contribution is -2.44.